The van der Waals surface area contributed by atoms with Crippen LogP contribution in [0.5, 0.6) is 5.75 Å². The van der Waals surface area contributed by atoms with Gasteiger partial charge in [0.15, 0.2) is 9.96 Å². The van der Waals surface area contributed by atoms with Crippen LogP contribution >= 0.6 is 23.7 Å². The molecule has 0 radical (unpaired) electrons. The molecule has 1 aromatic heterocycles. The maximum absolute atomic E-state index is 12.6. The van der Waals surface area contributed by atoms with Crippen LogP contribution < -0.4 is 14.8 Å². The first kappa shape index (κ1) is 22.1. The van der Waals surface area contributed by atoms with E-state index in [9.17, 15) is 13.2 Å². The van der Waals surface area contributed by atoms with Crippen molar-refractivity contribution >= 4 is 39.7 Å². The van der Waals surface area contributed by atoms with Crippen molar-refractivity contribution in [3.63, 3.8) is 0 Å². The third kappa shape index (κ3) is 5.05. The van der Waals surface area contributed by atoms with Gasteiger partial charge in [-0.05, 0) is 19.4 Å². The molecule has 2 rings (SSSR count). The number of halogens is 1. The molecule has 0 aliphatic carbocycles. The minimum absolute atomic E-state index is 0. The zero-order chi connectivity index (χ0) is 17.8. The number of esters is 1. The summed E-state index contributed by atoms with van der Waals surface area (Å²) in [5.74, 6) is -0.485. The highest BCUT2D eigenvalue weighted by Crippen LogP contribution is 2.34. The number of thiophene rings is 1. The summed E-state index contributed by atoms with van der Waals surface area (Å²) >= 11 is 0.817. The molecule has 1 aliphatic rings. The van der Waals surface area contributed by atoms with Crippen LogP contribution in [0.1, 0.15) is 22.5 Å². The highest BCUT2D eigenvalue weighted by molar-refractivity contribution is 7.91. The molecule has 1 atom stereocenters. The van der Waals surface area contributed by atoms with Crippen LogP contribution in [-0.2, 0) is 19.5 Å². The van der Waals surface area contributed by atoms with Crippen LogP contribution in [0.3, 0.4) is 0 Å². The van der Waals surface area contributed by atoms with E-state index >= 15 is 0 Å². The Morgan fingerprint density at radius 3 is 2.64 bits per heavy atom. The highest BCUT2D eigenvalue weighted by atomic mass is 35.5. The second-order valence-corrected chi connectivity index (χ2v) is 8.54. The number of hydrogen-bond donors (Lipinski definition) is 2. The van der Waals surface area contributed by atoms with Gasteiger partial charge in [0.2, 0.25) is 0 Å². The van der Waals surface area contributed by atoms with Gasteiger partial charge >= 0.3 is 5.97 Å². The molecule has 11 heteroatoms. The van der Waals surface area contributed by atoms with E-state index in [1.165, 1.54) is 20.3 Å². The number of ether oxygens (including phenoxy) is 3. The number of sulfonamides is 1. The molecule has 1 aromatic rings. The normalized spacial score (nSPS) is 20.1. The summed E-state index contributed by atoms with van der Waals surface area (Å²) in [5.41, 5.74) is -0.419. The van der Waals surface area contributed by atoms with Crippen molar-refractivity contribution in [3.05, 3.63) is 10.9 Å². The fourth-order valence-corrected chi connectivity index (χ4v) is 5.32. The molecule has 2 heterocycles. The summed E-state index contributed by atoms with van der Waals surface area (Å²) in [4.78, 5) is 11.8. The van der Waals surface area contributed by atoms with Gasteiger partial charge in [0.25, 0.3) is 10.0 Å². The van der Waals surface area contributed by atoms with Crippen LogP contribution in [0.25, 0.3) is 0 Å². The van der Waals surface area contributed by atoms with Gasteiger partial charge in [-0.2, -0.15) is 0 Å². The predicted molar refractivity (Wildman–Crippen MR) is 96.5 cm³/mol. The van der Waals surface area contributed by atoms with Crippen molar-refractivity contribution in [2.75, 3.05) is 41.0 Å². The Kier molecular flexibility index (Phi) is 8.10. The lowest BCUT2D eigenvalue weighted by atomic mass is 9.99. The number of carbonyl (C=O) groups excluding carboxylic acids is 1. The summed E-state index contributed by atoms with van der Waals surface area (Å²) in [7, 11) is 0.348. The molecule has 144 valence electrons. The van der Waals surface area contributed by atoms with Crippen molar-refractivity contribution < 1.29 is 27.4 Å². The third-order valence-electron chi connectivity index (χ3n) is 3.87. The lowest BCUT2D eigenvalue weighted by Gasteiger charge is -2.28. The first-order chi connectivity index (χ1) is 11.4. The molecular formula is C14H23ClN2O6S2. The molecule has 25 heavy (non-hydrogen) atoms. The predicted octanol–water partition coefficient (Wildman–Crippen LogP) is 1.01. The summed E-state index contributed by atoms with van der Waals surface area (Å²) in [6.45, 7) is 1.42. The minimum Gasteiger partial charge on any atom is -0.494 e. The quantitative estimate of drug-likeness (QED) is 0.612. The van der Waals surface area contributed by atoms with Crippen molar-refractivity contribution in [2.24, 2.45) is 0 Å². The molecule has 2 N–H and O–H groups in total. The summed E-state index contributed by atoms with van der Waals surface area (Å²) in [6.07, 6.45) is 1.78. The fraction of sp³-hybridized carbons (Fsp3) is 0.643. The maximum Gasteiger partial charge on any atom is 0.348 e. The van der Waals surface area contributed by atoms with Crippen LogP contribution in [0.2, 0.25) is 0 Å². The Morgan fingerprint density at radius 2 is 2.12 bits per heavy atom. The minimum atomic E-state index is -3.83. The van der Waals surface area contributed by atoms with Gasteiger partial charge in [0.05, 0.1) is 26.4 Å². The van der Waals surface area contributed by atoms with Gasteiger partial charge in [-0.3, -0.25) is 0 Å². The molecule has 0 aromatic carbocycles. The van der Waals surface area contributed by atoms with Crippen molar-refractivity contribution in [1.29, 1.82) is 0 Å². The van der Waals surface area contributed by atoms with Gasteiger partial charge in [-0.1, -0.05) is 0 Å². The summed E-state index contributed by atoms with van der Waals surface area (Å²) < 4.78 is 42.8. The smallest absolute Gasteiger partial charge is 0.348 e. The average Bonchev–Trinajstić information content (AvgIpc) is 3.20. The monoisotopic (exact) mass is 414 g/mol. The van der Waals surface area contributed by atoms with Crippen LogP contribution in [-0.4, -0.2) is 61.0 Å². The zero-order valence-corrected chi connectivity index (χ0v) is 16.7. The number of rotatable bonds is 8. The first-order valence-electron chi connectivity index (χ1n) is 7.37. The van der Waals surface area contributed by atoms with E-state index in [4.69, 9.17) is 9.47 Å². The number of nitrogens with one attached hydrogen (secondary N) is 2. The van der Waals surface area contributed by atoms with E-state index in [1.807, 2.05) is 0 Å². The Balaban J connectivity index is 0.00000312. The SMILES string of the molecule is COCC1(CNS(=O)(=O)c2sc(C(=O)OC)cc2OC)CCCN1.Cl. The summed E-state index contributed by atoms with van der Waals surface area (Å²) in [6, 6.07) is 1.36. The van der Waals surface area contributed by atoms with Crippen LogP contribution in [0.4, 0.5) is 0 Å². The van der Waals surface area contributed by atoms with Crippen molar-refractivity contribution in [3.8, 4) is 5.75 Å². The molecule has 1 fully saturated rings. The van der Waals surface area contributed by atoms with E-state index in [1.54, 1.807) is 7.11 Å². The van der Waals surface area contributed by atoms with Gasteiger partial charge in [0.1, 0.15) is 4.88 Å². The Labute approximate surface area is 157 Å². The van der Waals surface area contributed by atoms with Crippen LogP contribution in [0, 0.1) is 0 Å². The number of methoxy groups -OCH3 is 3. The average molecular weight is 415 g/mol. The molecule has 1 saturated heterocycles. The first-order valence-corrected chi connectivity index (χ1v) is 9.67. The Bertz CT molecular complexity index is 685. The molecule has 0 saturated carbocycles. The molecule has 0 spiro atoms. The second kappa shape index (κ2) is 9.15. The number of carbonyl (C=O) groups is 1. The molecular weight excluding hydrogens is 392 g/mol. The third-order valence-corrected chi connectivity index (χ3v) is 6.88. The van der Waals surface area contributed by atoms with Gasteiger partial charge in [-0.25, -0.2) is 17.9 Å². The lowest BCUT2D eigenvalue weighted by molar-refractivity contribution is 0.0606. The van der Waals surface area contributed by atoms with Gasteiger partial charge in [0, 0.05) is 19.7 Å². The lowest BCUT2D eigenvalue weighted by Crippen LogP contribution is -2.52. The Hall–Kier alpha value is -0.910. The van der Waals surface area contributed by atoms with Crippen molar-refractivity contribution in [1.82, 2.24) is 10.0 Å². The van der Waals surface area contributed by atoms with E-state index in [-0.39, 0.29) is 33.8 Å². The van der Waals surface area contributed by atoms with E-state index in [0.717, 1.165) is 30.7 Å². The Morgan fingerprint density at radius 1 is 1.40 bits per heavy atom. The molecule has 8 nitrogen and oxygen atoms in total. The van der Waals surface area contributed by atoms with Gasteiger partial charge in [-0.15, -0.1) is 23.7 Å². The molecule has 1 aliphatic heterocycles. The number of hydrogen-bond acceptors (Lipinski definition) is 8. The van der Waals surface area contributed by atoms with Gasteiger partial charge < -0.3 is 19.5 Å². The summed E-state index contributed by atoms with van der Waals surface area (Å²) in [5, 5.41) is 3.30. The molecule has 1 unspecified atom stereocenters. The highest BCUT2D eigenvalue weighted by Gasteiger charge is 2.36. The second-order valence-electron chi connectivity index (χ2n) is 5.53. The van der Waals surface area contributed by atoms with E-state index in [2.05, 4.69) is 14.8 Å². The maximum atomic E-state index is 12.6. The van der Waals surface area contributed by atoms with E-state index in [0.29, 0.717) is 6.61 Å². The van der Waals surface area contributed by atoms with Crippen LogP contribution in [0.15, 0.2) is 10.3 Å². The fourth-order valence-electron chi connectivity index (χ4n) is 2.66. The zero-order valence-electron chi connectivity index (χ0n) is 14.3. The molecule has 0 amide bonds. The largest absolute Gasteiger partial charge is 0.494 e. The molecule has 0 bridgehead atoms. The standard InChI is InChI=1S/C14H22N2O6S2.ClH/c1-20-9-14(5-4-6-15-14)8-16-24(18,19)13-10(21-2)7-11(23-13)12(17)22-3;/h7,15-16H,4-6,8-9H2,1-3H3;1H. The van der Waals surface area contributed by atoms with Crippen molar-refractivity contribution in [2.45, 2.75) is 22.6 Å². The topological polar surface area (TPSA) is 103 Å². The van der Waals surface area contributed by atoms with E-state index < -0.39 is 21.5 Å².